The van der Waals surface area contributed by atoms with Gasteiger partial charge >= 0.3 is 12.3 Å². The Balaban J connectivity index is 1.77. The lowest BCUT2D eigenvalue weighted by Crippen LogP contribution is -2.46. The van der Waals surface area contributed by atoms with Crippen LogP contribution in [0, 0.1) is 5.41 Å². The number of ether oxygens (including phenoxy) is 1. The number of H-pyrrole nitrogens is 1. The van der Waals surface area contributed by atoms with Crippen LogP contribution in [-0.4, -0.2) is 44.2 Å². The van der Waals surface area contributed by atoms with Gasteiger partial charge in [0, 0.05) is 17.0 Å². The average molecular weight is 565 g/mol. The largest absolute Gasteiger partial charge is 0.436 e. The number of unbranched alkanes of at least 4 members (excludes halogenated alkanes) is 1. The van der Waals surface area contributed by atoms with Gasteiger partial charge in [-0.3, -0.25) is 14.7 Å². The summed E-state index contributed by atoms with van der Waals surface area (Å²) in [5.41, 5.74) is -1.30. The van der Waals surface area contributed by atoms with E-state index in [0.717, 1.165) is 12.1 Å². The topological polar surface area (TPSA) is 152 Å². The lowest BCUT2D eigenvalue weighted by atomic mass is 9.83. The van der Waals surface area contributed by atoms with Gasteiger partial charge < -0.3 is 19.8 Å². The van der Waals surface area contributed by atoms with E-state index in [1.54, 1.807) is 13.8 Å². The first-order chi connectivity index (χ1) is 18.9. The number of aromatic amines is 1. The van der Waals surface area contributed by atoms with Gasteiger partial charge in [-0.05, 0) is 37.1 Å². The number of carbonyl (C=O) groups excluding carboxylic acids is 3. The molecule has 0 bridgehead atoms. The maximum Gasteiger partial charge on any atom is 0.416 e. The molecule has 0 spiro atoms. The molecule has 1 aromatic carbocycles. The fourth-order valence-corrected chi connectivity index (χ4v) is 3.62. The van der Waals surface area contributed by atoms with Gasteiger partial charge in [-0.2, -0.15) is 18.3 Å². The van der Waals surface area contributed by atoms with Crippen molar-refractivity contribution in [1.29, 1.82) is 0 Å². The van der Waals surface area contributed by atoms with Crippen molar-refractivity contribution >= 4 is 23.6 Å². The van der Waals surface area contributed by atoms with Crippen molar-refractivity contribution in [3.63, 3.8) is 0 Å². The predicted octanol–water partition coefficient (Wildman–Crippen LogP) is 5.45. The third-order valence-corrected chi connectivity index (χ3v) is 6.40. The van der Waals surface area contributed by atoms with E-state index in [9.17, 15) is 27.6 Å². The van der Waals surface area contributed by atoms with Gasteiger partial charge in [0.2, 0.25) is 11.7 Å². The highest BCUT2D eigenvalue weighted by atomic mass is 19.4. The number of nitrogens with zero attached hydrogens (tertiary/aromatic N) is 3. The van der Waals surface area contributed by atoms with Crippen LogP contribution in [0.1, 0.15) is 70.9 Å². The van der Waals surface area contributed by atoms with Crippen LogP contribution in [0.5, 0.6) is 0 Å². The van der Waals surface area contributed by atoms with E-state index in [1.807, 2.05) is 13.8 Å². The summed E-state index contributed by atoms with van der Waals surface area (Å²) in [6.45, 7) is 7.35. The number of aromatic nitrogens is 4. The molecule has 3 N–H and O–H groups in total. The molecule has 2 aromatic heterocycles. The first-order valence-corrected chi connectivity index (χ1v) is 12.7. The minimum absolute atomic E-state index is 0.0592. The number of Topliss-reactive ketones (excluding diaryl/α,β-unsaturated/α-hetero) is 1. The van der Waals surface area contributed by atoms with Gasteiger partial charge in [0.15, 0.2) is 6.10 Å². The summed E-state index contributed by atoms with van der Waals surface area (Å²) in [4.78, 5) is 38.3. The maximum atomic E-state index is 13.0. The highest BCUT2D eigenvalue weighted by Gasteiger charge is 2.38. The SMILES string of the molecule is CCCC[C@H](NC(=O)O[C@H](c1nnc(-c2ccc(C(F)(F)F)cc2)o1)C(C)(C)CC)C(=O)C(=O)Nc1ccn[nH]1. The molecule has 0 unspecified atom stereocenters. The molecular weight excluding hydrogens is 533 g/mol. The molecule has 2 amide bonds. The molecule has 3 aromatic rings. The monoisotopic (exact) mass is 564 g/mol. The zero-order valence-corrected chi connectivity index (χ0v) is 22.5. The Labute approximate surface area is 228 Å². The molecule has 0 fully saturated rings. The zero-order chi connectivity index (χ0) is 29.5. The van der Waals surface area contributed by atoms with E-state index in [4.69, 9.17) is 9.15 Å². The first-order valence-electron chi connectivity index (χ1n) is 12.7. The Bertz CT molecular complexity index is 1290. The van der Waals surface area contributed by atoms with Crippen LogP contribution >= 0.6 is 0 Å². The number of alkyl halides is 3. The van der Waals surface area contributed by atoms with E-state index in [2.05, 4.69) is 31.0 Å². The molecule has 11 nitrogen and oxygen atoms in total. The second-order valence-electron chi connectivity index (χ2n) is 9.78. The van der Waals surface area contributed by atoms with Crippen LogP contribution in [0.3, 0.4) is 0 Å². The predicted molar refractivity (Wildman–Crippen MR) is 137 cm³/mol. The number of hydrogen-bond donors (Lipinski definition) is 3. The standard InChI is InChI=1S/C26H31F3N6O5/c1-5-7-8-17(19(36)21(37)32-18-13-14-30-33-18)31-24(38)39-20(25(3,4)6-2)23-35-34-22(40-23)15-9-11-16(12-10-15)26(27,28)29/h9-14,17,20H,5-8H2,1-4H3,(H,31,38)(H2,30,32,33,37)/t17-,20+/m0/s1. The Morgan fingerprint density at radius 2 is 1.77 bits per heavy atom. The molecule has 0 saturated heterocycles. The summed E-state index contributed by atoms with van der Waals surface area (Å²) in [6, 6.07) is 4.50. The summed E-state index contributed by atoms with van der Waals surface area (Å²) in [5.74, 6) is -1.72. The zero-order valence-electron chi connectivity index (χ0n) is 22.5. The summed E-state index contributed by atoms with van der Waals surface area (Å²) in [5, 5.41) is 19.0. The number of halogens is 3. The van der Waals surface area contributed by atoms with Crippen LogP contribution in [-0.2, 0) is 20.5 Å². The van der Waals surface area contributed by atoms with Crippen molar-refractivity contribution in [3.05, 3.63) is 48.0 Å². The Hall–Kier alpha value is -4.23. The molecule has 0 radical (unpaired) electrons. The van der Waals surface area contributed by atoms with Crippen molar-refractivity contribution < 1.29 is 36.7 Å². The van der Waals surface area contributed by atoms with E-state index in [0.29, 0.717) is 19.3 Å². The van der Waals surface area contributed by atoms with Crippen molar-refractivity contribution in [3.8, 4) is 11.5 Å². The van der Waals surface area contributed by atoms with Gasteiger partial charge in [0.05, 0.1) is 11.8 Å². The summed E-state index contributed by atoms with van der Waals surface area (Å²) in [6.07, 6.45) is -3.18. The fourth-order valence-electron chi connectivity index (χ4n) is 3.62. The van der Waals surface area contributed by atoms with Gasteiger partial charge in [-0.1, -0.05) is 40.5 Å². The van der Waals surface area contributed by atoms with Crippen molar-refractivity contribution in [2.45, 2.75) is 71.7 Å². The van der Waals surface area contributed by atoms with Crippen molar-refractivity contribution in [2.24, 2.45) is 5.41 Å². The lowest BCUT2D eigenvalue weighted by molar-refractivity contribution is -0.137. The highest BCUT2D eigenvalue weighted by molar-refractivity contribution is 6.42. The van der Waals surface area contributed by atoms with Crippen molar-refractivity contribution in [1.82, 2.24) is 25.7 Å². The third kappa shape index (κ3) is 7.67. The molecule has 216 valence electrons. The van der Waals surface area contributed by atoms with Crippen LogP contribution in [0.4, 0.5) is 23.8 Å². The number of amides is 2. The number of rotatable bonds is 12. The number of anilines is 1. The highest BCUT2D eigenvalue weighted by Crippen LogP contribution is 2.40. The smallest absolute Gasteiger partial charge is 0.416 e. The Morgan fingerprint density at radius 3 is 2.35 bits per heavy atom. The Morgan fingerprint density at radius 1 is 1.07 bits per heavy atom. The summed E-state index contributed by atoms with van der Waals surface area (Å²) in [7, 11) is 0. The van der Waals surface area contributed by atoms with Crippen LogP contribution in [0.15, 0.2) is 40.9 Å². The number of nitrogens with one attached hydrogen (secondary N) is 3. The van der Waals surface area contributed by atoms with E-state index in [1.165, 1.54) is 24.4 Å². The number of alkyl carbamates (subject to hydrolysis) is 1. The molecule has 3 rings (SSSR count). The normalized spacial score (nSPS) is 13.4. The molecule has 40 heavy (non-hydrogen) atoms. The first kappa shape index (κ1) is 30.3. The summed E-state index contributed by atoms with van der Waals surface area (Å²) < 4.78 is 50.1. The number of carbonyl (C=O) groups is 3. The van der Waals surface area contributed by atoms with Gasteiger partial charge in [0.25, 0.3) is 11.8 Å². The minimum atomic E-state index is -4.49. The molecule has 14 heteroatoms. The maximum absolute atomic E-state index is 13.0. The number of hydrogen-bond acceptors (Lipinski definition) is 8. The van der Waals surface area contributed by atoms with E-state index in [-0.39, 0.29) is 29.6 Å². The van der Waals surface area contributed by atoms with Gasteiger partial charge in [0.1, 0.15) is 11.9 Å². The molecule has 0 aliphatic rings. The van der Waals surface area contributed by atoms with Crippen LogP contribution < -0.4 is 10.6 Å². The minimum Gasteiger partial charge on any atom is -0.436 e. The molecule has 2 atom stereocenters. The van der Waals surface area contributed by atoms with Gasteiger partial charge in [-0.25, -0.2) is 4.79 Å². The van der Waals surface area contributed by atoms with Crippen molar-refractivity contribution in [2.75, 3.05) is 5.32 Å². The molecular formula is C26H31F3N6O5. The fraction of sp³-hybridized carbons (Fsp3) is 0.462. The molecule has 0 aliphatic carbocycles. The molecule has 0 aliphatic heterocycles. The number of benzene rings is 1. The van der Waals surface area contributed by atoms with E-state index < -0.39 is 47.1 Å². The molecule has 2 heterocycles. The second-order valence-corrected chi connectivity index (χ2v) is 9.78. The molecule has 0 saturated carbocycles. The van der Waals surface area contributed by atoms with E-state index >= 15 is 0 Å². The number of ketones is 1. The summed E-state index contributed by atoms with van der Waals surface area (Å²) >= 11 is 0. The second kappa shape index (κ2) is 12.7. The Kier molecular flexibility index (Phi) is 9.66. The average Bonchev–Trinajstić information content (AvgIpc) is 3.61. The van der Waals surface area contributed by atoms with Crippen LogP contribution in [0.25, 0.3) is 11.5 Å². The lowest BCUT2D eigenvalue weighted by Gasteiger charge is -2.30. The third-order valence-electron chi connectivity index (χ3n) is 6.40. The quantitative estimate of drug-likeness (QED) is 0.246. The van der Waals surface area contributed by atoms with Crippen LogP contribution in [0.2, 0.25) is 0 Å². The van der Waals surface area contributed by atoms with Gasteiger partial charge in [-0.15, -0.1) is 10.2 Å².